The smallest absolute Gasteiger partial charge is 0.234 e. The van der Waals surface area contributed by atoms with Crippen molar-refractivity contribution < 1.29 is 4.79 Å². The zero-order valence-electron chi connectivity index (χ0n) is 14.7. The molecule has 0 spiro atoms. The third-order valence-corrected chi connectivity index (χ3v) is 4.93. The molecule has 0 unspecified atom stereocenters. The van der Waals surface area contributed by atoms with E-state index in [0.29, 0.717) is 6.54 Å². The quantitative estimate of drug-likeness (QED) is 0.860. The maximum absolute atomic E-state index is 11.8. The molecular formula is C19H25ClN4O. The molecule has 0 aliphatic carbocycles. The Balaban J connectivity index is 1.56. The van der Waals surface area contributed by atoms with Crippen LogP contribution in [0.5, 0.6) is 0 Å². The highest BCUT2D eigenvalue weighted by molar-refractivity contribution is 6.35. The first-order chi connectivity index (χ1) is 12.2. The molecule has 1 saturated heterocycles. The molecule has 1 aliphatic heterocycles. The third-order valence-electron chi connectivity index (χ3n) is 4.60. The number of piperazine rings is 1. The van der Waals surface area contributed by atoms with E-state index in [9.17, 15) is 4.79 Å². The van der Waals surface area contributed by atoms with Crippen molar-refractivity contribution in [2.75, 3.05) is 39.3 Å². The van der Waals surface area contributed by atoms with Crippen LogP contribution in [-0.2, 0) is 11.3 Å². The van der Waals surface area contributed by atoms with Gasteiger partial charge < -0.3 is 5.32 Å². The number of rotatable bonds is 6. The van der Waals surface area contributed by atoms with Crippen LogP contribution in [0.1, 0.15) is 18.9 Å². The van der Waals surface area contributed by atoms with E-state index in [1.165, 1.54) is 5.56 Å². The van der Waals surface area contributed by atoms with Crippen LogP contribution in [0.25, 0.3) is 10.9 Å². The number of aromatic nitrogens is 1. The highest BCUT2D eigenvalue weighted by Gasteiger charge is 2.19. The molecule has 1 aromatic heterocycles. The molecule has 1 N–H and O–H groups in total. The van der Waals surface area contributed by atoms with Gasteiger partial charge in [-0.1, -0.05) is 24.6 Å². The van der Waals surface area contributed by atoms with Crippen molar-refractivity contribution in [2.45, 2.75) is 19.9 Å². The monoisotopic (exact) mass is 360 g/mol. The fraction of sp³-hybridized carbons (Fsp3) is 0.474. The van der Waals surface area contributed by atoms with Crippen LogP contribution >= 0.6 is 11.6 Å². The van der Waals surface area contributed by atoms with Gasteiger partial charge in [-0.2, -0.15) is 0 Å². The van der Waals surface area contributed by atoms with Crippen LogP contribution in [0, 0.1) is 0 Å². The molecule has 0 bridgehead atoms. The van der Waals surface area contributed by atoms with Crippen LogP contribution in [0.2, 0.25) is 5.02 Å². The Hall–Kier alpha value is -1.69. The number of hydrogen-bond donors (Lipinski definition) is 1. The predicted molar refractivity (Wildman–Crippen MR) is 102 cm³/mol. The highest BCUT2D eigenvalue weighted by atomic mass is 35.5. The molecular weight excluding hydrogens is 336 g/mol. The molecule has 134 valence electrons. The van der Waals surface area contributed by atoms with Gasteiger partial charge in [0.2, 0.25) is 5.91 Å². The maximum Gasteiger partial charge on any atom is 0.234 e. The highest BCUT2D eigenvalue weighted by Crippen LogP contribution is 2.25. The summed E-state index contributed by atoms with van der Waals surface area (Å²) in [4.78, 5) is 21.0. The van der Waals surface area contributed by atoms with E-state index >= 15 is 0 Å². The van der Waals surface area contributed by atoms with Gasteiger partial charge in [-0.05, 0) is 30.2 Å². The molecule has 0 radical (unpaired) electrons. The average molecular weight is 361 g/mol. The van der Waals surface area contributed by atoms with E-state index in [-0.39, 0.29) is 5.91 Å². The number of carbonyl (C=O) groups excluding carboxylic acids is 1. The van der Waals surface area contributed by atoms with Crippen molar-refractivity contribution in [3.05, 3.63) is 41.0 Å². The number of benzene rings is 1. The van der Waals surface area contributed by atoms with Crippen LogP contribution in [0.3, 0.4) is 0 Å². The summed E-state index contributed by atoms with van der Waals surface area (Å²) >= 11 is 6.28. The number of nitrogens with one attached hydrogen (secondary N) is 1. The number of amides is 1. The second-order valence-electron chi connectivity index (χ2n) is 6.51. The van der Waals surface area contributed by atoms with E-state index in [2.05, 4.69) is 33.1 Å². The Bertz CT molecular complexity index is 728. The molecule has 2 aromatic rings. The van der Waals surface area contributed by atoms with Gasteiger partial charge in [0.1, 0.15) is 0 Å². The van der Waals surface area contributed by atoms with Crippen molar-refractivity contribution in [1.82, 2.24) is 20.1 Å². The predicted octanol–water partition coefficient (Wildman–Crippen LogP) is 2.53. The molecule has 5 nitrogen and oxygen atoms in total. The van der Waals surface area contributed by atoms with Gasteiger partial charge in [0, 0.05) is 55.9 Å². The number of carbonyl (C=O) groups is 1. The van der Waals surface area contributed by atoms with E-state index in [1.807, 2.05) is 24.4 Å². The second-order valence-corrected chi connectivity index (χ2v) is 6.92. The molecule has 0 saturated carbocycles. The Morgan fingerprint density at radius 1 is 1.20 bits per heavy atom. The molecule has 0 atom stereocenters. The van der Waals surface area contributed by atoms with E-state index < -0.39 is 0 Å². The van der Waals surface area contributed by atoms with Crippen LogP contribution in [-0.4, -0.2) is 60.0 Å². The molecule has 2 heterocycles. The van der Waals surface area contributed by atoms with Crippen molar-refractivity contribution >= 4 is 28.4 Å². The summed E-state index contributed by atoms with van der Waals surface area (Å²) in [6.07, 6.45) is 2.79. The molecule has 6 heteroatoms. The summed E-state index contributed by atoms with van der Waals surface area (Å²) in [5.41, 5.74) is 2.19. The summed E-state index contributed by atoms with van der Waals surface area (Å²) < 4.78 is 0. The molecule has 25 heavy (non-hydrogen) atoms. The molecule has 1 aromatic carbocycles. The zero-order chi connectivity index (χ0) is 17.6. The van der Waals surface area contributed by atoms with Crippen LogP contribution < -0.4 is 5.32 Å². The lowest BCUT2D eigenvalue weighted by atomic mass is 10.1. The van der Waals surface area contributed by atoms with Crippen LogP contribution in [0.4, 0.5) is 0 Å². The van der Waals surface area contributed by atoms with Gasteiger partial charge in [0.15, 0.2) is 0 Å². The lowest BCUT2D eigenvalue weighted by Gasteiger charge is -2.34. The number of nitrogens with zero attached hydrogens (tertiary/aromatic N) is 3. The fourth-order valence-corrected chi connectivity index (χ4v) is 3.41. The first-order valence-electron chi connectivity index (χ1n) is 8.91. The van der Waals surface area contributed by atoms with Gasteiger partial charge in [0.25, 0.3) is 0 Å². The molecule has 1 fully saturated rings. The summed E-state index contributed by atoms with van der Waals surface area (Å²) in [6, 6.07) is 7.96. The Kier molecular flexibility index (Phi) is 6.24. The Morgan fingerprint density at radius 2 is 1.96 bits per heavy atom. The number of hydrogen-bond acceptors (Lipinski definition) is 4. The zero-order valence-corrected chi connectivity index (χ0v) is 15.4. The standard InChI is InChI=1S/C19H25ClN4O/c1-2-7-21-18(25)14-24-11-9-23(10-12-24)13-15-5-6-17(20)16-4-3-8-22-19(15)16/h3-6,8H,2,7,9-14H2,1H3,(H,21,25). The maximum atomic E-state index is 11.8. The summed E-state index contributed by atoms with van der Waals surface area (Å²) in [5.74, 6) is 0.128. The van der Waals surface area contributed by atoms with Gasteiger partial charge >= 0.3 is 0 Å². The second kappa shape index (κ2) is 8.61. The SMILES string of the molecule is CCCNC(=O)CN1CCN(Cc2ccc(Cl)c3cccnc23)CC1. The summed E-state index contributed by atoms with van der Waals surface area (Å²) in [6.45, 7) is 7.93. The normalized spacial score (nSPS) is 16.2. The molecule has 1 amide bonds. The summed E-state index contributed by atoms with van der Waals surface area (Å²) in [7, 11) is 0. The third kappa shape index (κ3) is 4.69. The Morgan fingerprint density at radius 3 is 2.72 bits per heavy atom. The number of pyridine rings is 1. The van der Waals surface area contributed by atoms with Crippen molar-refractivity contribution in [1.29, 1.82) is 0 Å². The minimum Gasteiger partial charge on any atom is -0.355 e. The minimum atomic E-state index is 0.128. The van der Waals surface area contributed by atoms with E-state index in [0.717, 1.165) is 61.6 Å². The molecule has 1 aliphatic rings. The topological polar surface area (TPSA) is 48.5 Å². The number of fused-ring (bicyclic) bond motifs is 1. The van der Waals surface area contributed by atoms with Gasteiger partial charge in [-0.25, -0.2) is 0 Å². The largest absolute Gasteiger partial charge is 0.355 e. The van der Waals surface area contributed by atoms with Gasteiger partial charge in [0.05, 0.1) is 12.1 Å². The van der Waals surface area contributed by atoms with Crippen molar-refractivity contribution in [2.24, 2.45) is 0 Å². The Labute approximate surface area is 154 Å². The first kappa shape index (κ1) is 18.1. The molecule has 3 rings (SSSR count). The average Bonchev–Trinajstić information content (AvgIpc) is 2.64. The van der Waals surface area contributed by atoms with Gasteiger partial charge in [-0.3, -0.25) is 19.6 Å². The fourth-order valence-electron chi connectivity index (χ4n) is 3.19. The summed E-state index contributed by atoms with van der Waals surface area (Å²) in [5, 5.41) is 4.69. The van der Waals surface area contributed by atoms with E-state index in [4.69, 9.17) is 11.6 Å². The van der Waals surface area contributed by atoms with Gasteiger partial charge in [-0.15, -0.1) is 0 Å². The van der Waals surface area contributed by atoms with Crippen molar-refractivity contribution in [3.8, 4) is 0 Å². The minimum absolute atomic E-state index is 0.128. The van der Waals surface area contributed by atoms with Crippen molar-refractivity contribution in [3.63, 3.8) is 0 Å². The van der Waals surface area contributed by atoms with E-state index in [1.54, 1.807) is 0 Å². The lowest BCUT2D eigenvalue weighted by molar-refractivity contribution is -0.122. The first-order valence-corrected chi connectivity index (χ1v) is 9.28. The van der Waals surface area contributed by atoms with Crippen LogP contribution in [0.15, 0.2) is 30.5 Å². The number of halogens is 1. The lowest BCUT2D eigenvalue weighted by Crippen LogP contribution is -2.49.